The molecular formula is C23H25N7O. The minimum absolute atomic E-state index is 0.216. The molecule has 0 bridgehead atoms. The molecule has 1 atom stereocenters. The molecule has 1 aromatic carbocycles. The lowest BCUT2D eigenvalue weighted by atomic mass is 10.0. The Bertz CT molecular complexity index is 1110. The zero-order valence-corrected chi connectivity index (χ0v) is 17.4. The van der Waals surface area contributed by atoms with Crippen LogP contribution >= 0.6 is 0 Å². The van der Waals surface area contributed by atoms with Gasteiger partial charge in [0.25, 0.3) is 0 Å². The van der Waals surface area contributed by atoms with Gasteiger partial charge < -0.3 is 19.9 Å². The van der Waals surface area contributed by atoms with Gasteiger partial charge in [-0.25, -0.2) is 9.97 Å². The molecule has 0 spiro atoms. The standard InChI is InChI=1S/C23H25N7O/c24-13-17-14-25-20-6-2-1-5-19(20)23(17)28-18-4-3-7-30(15-18)22-12-21(26-16-27-22)29-8-10-31-11-9-29/h1-2,5-6,12,14,16,18H,3-4,7-11,15H2,(H,25,28). The van der Waals surface area contributed by atoms with E-state index in [0.717, 1.165) is 80.5 Å². The summed E-state index contributed by atoms with van der Waals surface area (Å²) in [6.07, 6.45) is 5.41. The fourth-order valence-electron chi connectivity index (χ4n) is 4.36. The molecule has 8 nitrogen and oxygen atoms in total. The first kappa shape index (κ1) is 19.5. The molecule has 1 unspecified atom stereocenters. The van der Waals surface area contributed by atoms with Crippen LogP contribution in [-0.4, -0.2) is 60.4 Å². The van der Waals surface area contributed by atoms with Crippen molar-refractivity contribution in [2.45, 2.75) is 18.9 Å². The molecule has 0 aliphatic carbocycles. The molecule has 0 radical (unpaired) electrons. The Morgan fingerprint density at radius 2 is 1.84 bits per heavy atom. The maximum absolute atomic E-state index is 9.62. The number of nitrogens with one attached hydrogen (secondary N) is 1. The first-order chi connectivity index (χ1) is 15.3. The SMILES string of the molecule is N#Cc1cnc2ccccc2c1NC1CCCN(c2cc(N3CCOCC3)ncn2)C1. The molecule has 4 heterocycles. The summed E-state index contributed by atoms with van der Waals surface area (Å²) in [6, 6.07) is 12.5. The van der Waals surface area contributed by atoms with Crippen molar-refractivity contribution in [1.29, 1.82) is 5.26 Å². The number of fused-ring (bicyclic) bond motifs is 1. The van der Waals surface area contributed by atoms with Crippen molar-refractivity contribution in [1.82, 2.24) is 15.0 Å². The van der Waals surface area contributed by atoms with E-state index in [1.807, 2.05) is 24.3 Å². The Labute approximate surface area is 181 Å². The first-order valence-corrected chi connectivity index (χ1v) is 10.8. The topological polar surface area (TPSA) is 90.2 Å². The van der Waals surface area contributed by atoms with Gasteiger partial charge in [0.15, 0.2) is 0 Å². The third-order valence-corrected chi connectivity index (χ3v) is 5.96. The first-order valence-electron chi connectivity index (χ1n) is 10.8. The Morgan fingerprint density at radius 3 is 2.68 bits per heavy atom. The lowest BCUT2D eigenvalue weighted by Gasteiger charge is -2.35. The summed E-state index contributed by atoms with van der Waals surface area (Å²) in [5.74, 6) is 1.90. The van der Waals surface area contributed by atoms with Crippen molar-refractivity contribution in [2.75, 3.05) is 54.5 Å². The molecule has 2 aromatic heterocycles. The van der Waals surface area contributed by atoms with Crippen LogP contribution in [0.5, 0.6) is 0 Å². The predicted molar refractivity (Wildman–Crippen MR) is 120 cm³/mol. The average molecular weight is 416 g/mol. The van der Waals surface area contributed by atoms with E-state index in [0.29, 0.717) is 5.56 Å². The van der Waals surface area contributed by atoms with Gasteiger partial charge in [0.05, 0.1) is 30.0 Å². The monoisotopic (exact) mass is 415 g/mol. The van der Waals surface area contributed by atoms with E-state index in [9.17, 15) is 5.26 Å². The third-order valence-electron chi connectivity index (χ3n) is 5.96. The second-order valence-corrected chi connectivity index (χ2v) is 7.94. The van der Waals surface area contributed by atoms with Gasteiger partial charge in [-0.05, 0) is 18.9 Å². The van der Waals surface area contributed by atoms with Crippen LogP contribution in [0.3, 0.4) is 0 Å². The number of hydrogen-bond donors (Lipinski definition) is 1. The molecule has 8 heteroatoms. The lowest BCUT2D eigenvalue weighted by Crippen LogP contribution is -2.43. The molecule has 158 valence electrons. The number of morpholine rings is 1. The molecule has 1 N–H and O–H groups in total. The molecule has 3 aromatic rings. The van der Waals surface area contributed by atoms with Gasteiger partial charge in [-0.15, -0.1) is 0 Å². The fourth-order valence-corrected chi connectivity index (χ4v) is 4.36. The molecule has 0 amide bonds. The predicted octanol–water partition coefficient (Wildman–Crippen LogP) is 2.81. The van der Waals surface area contributed by atoms with Crippen LogP contribution in [0.4, 0.5) is 17.3 Å². The second kappa shape index (κ2) is 8.74. The molecule has 0 saturated carbocycles. The third kappa shape index (κ3) is 4.09. The van der Waals surface area contributed by atoms with Gasteiger partial charge in [0, 0.05) is 49.9 Å². The fraction of sp³-hybridized carbons (Fsp3) is 0.391. The van der Waals surface area contributed by atoms with Crippen LogP contribution in [0.1, 0.15) is 18.4 Å². The van der Waals surface area contributed by atoms with Gasteiger partial charge in [0.1, 0.15) is 24.0 Å². The molecular weight excluding hydrogens is 390 g/mol. The van der Waals surface area contributed by atoms with Crippen molar-refractivity contribution in [3.8, 4) is 6.07 Å². The zero-order chi connectivity index (χ0) is 21.0. The minimum Gasteiger partial charge on any atom is -0.379 e. The average Bonchev–Trinajstić information content (AvgIpc) is 2.85. The largest absolute Gasteiger partial charge is 0.379 e. The number of pyridine rings is 1. The molecule has 2 aliphatic rings. The van der Waals surface area contributed by atoms with Crippen molar-refractivity contribution < 1.29 is 4.74 Å². The Kier molecular flexibility index (Phi) is 5.50. The highest BCUT2D eigenvalue weighted by Gasteiger charge is 2.23. The summed E-state index contributed by atoms with van der Waals surface area (Å²) in [5, 5.41) is 14.2. The summed E-state index contributed by atoms with van der Waals surface area (Å²) in [4.78, 5) is 18.0. The Hall–Kier alpha value is -3.44. The quantitative estimate of drug-likeness (QED) is 0.696. The molecule has 2 saturated heterocycles. The van der Waals surface area contributed by atoms with Gasteiger partial charge >= 0.3 is 0 Å². The number of rotatable bonds is 4. The molecule has 5 rings (SSSR count). The van der Waals surface area contributed by atoms with Crippen molar-refractivity contribution in [2.24, 2.45) is 0 Å². The number of benzene rings is 1. The smallest absolute Gasteiger partial charge is 0.134 e. The van der Waals surface area contributed by atoms with Crippen molar-refractivity contribution in [3.05, 3.63) is 48.4 Å². The van der Waals surface area contributed by atoms with Crippen LogP contribution < -0.4 is 15.1 Å². The number of piperidine rings is 1. The van der Waals surface area contributed by atoms with E-state index in [2.05, 4.69) is 42.2 Å². The molecule has 2 fully saturated rings. The van der Waals surface area contributed by atoms with Crippen LogP contribution in [0.25, 0.3) is 10.9 Å². The second-order valence-electron chi connectivity index (χ2n) is 7.94. The highest BCUT2D eigenvalue weighted by Crippen LogP contribution is 2.29. The normalized spacial score (nSPS) is 19.3. The highest BCUT2D eigenvalue weighted by molar-refractivity contribution is 5.94. The number of hydrogen-bond acceptors (Lipinski definition) is 8. The van der Waals surface area contributed by atoms with Crippen LogP contribution in [-0.2, 0) is 4.74 Å². The lowest BCUT2D eigenvalue weighted by molar-refractivity contribution is 0.122. The summed E-state index contributed by atoms with van der Waals surface area (Å²) >= 11 is 0. The van der Waals surface area contributed by atoms with E-state index >= 15 is 0 Å². The van der Waals surface area contributed by atoms with Crippen LogP contribution in [0.2, 0.25) is 0 Å². The summed E-state index contributed by atoms with van der Waals surface area (Å²) < 4.78 is 5.46. The molecule has 31 heavy (non-hydrogen) atoms. The number of nitriles is 1. The van der Waals surface area contributed by atoms with Crippen molar-refractivity contribution in [3.63, 3.8) is 0 Å². The maximum atomic E-state index is 9.62. The van der Waals surface area contributed by atoms with Gasteiger partial charge in [0.2, 0.25) is 0 Å². The zero-order valence-electron chi connectivity index (χ0n) is 17.4. The van der Waals surface area contributed by atoms with Gasteiger partial charge in [-0.1, -0.05) is 18.2 Å². The number of ether oxygens (including phenoxy) is 1. The van der Waals surface area contributed by atoms with Crippen LogP contribution in [0, 0.1) is 11.3 Å². The Balaban J connectivity index is 1.36. The number of aromatic nitrogens is 3. The highest BCUT2D eigenvalue weighted by atomic mass is 16.5. The number of para-hydroxylation sites is 1. The minimum atomic E-state index is 0.216. The van der Waals surface area contributed by atoms with E-state index in [1.165, 1.54) is 0 Å². The van der Waals surface area contributed by atoms with E-state index < -0.39 is 0 Å². The van der Waals surface area contributed by atoms with E-state index in [-0.39, 0.29) is 6.04 Å². The number of nitrogens with zero attached hydrogens (tertiary/aromatic N) is 6. The Morgan fingerprint density at radius 1 is 1.03 bits per heavy atom. The van der Waals surface area contributed by atoms with E-state index in [4.69, 9.17) is 4.74 Å². The van der Waals surface area contributed by atoms with Gasteiger partial charge in [-0.2, -0.15) is 5.26 Å². The summed E-state index contributed by atoms with van der Waals surface area (Å²) in [7, 11) is 0. The number of anilines is 3. The maximum Gasteiger partial charge on any atom is 0.134 e. The van der Waals surface area contributed by atoms with Crippen molar-refractivity contribution >= 4 is 28.2 Å². The summed E-state index contributed by atoms with van der Waals surface area (Å²) in [6.45, 7) is 4.95. The van der Waals surface area contributed by atoms with Crippen LogP contribution in [0.15, 0.2) is 42.9 Å². The van der Waals surface area contributed by atoms with Gasteiger partial charge in [-0.3, -0.25) is 4.98 Å². The van der Waals surface area contributed by atoms with E-state index in [1.54, 1.807) is 12.5 Å². The molecule has 2 aliphatic heterocycles. The summed E-state index contributed by atoms with van der Waals surface area (Å²) in [5.41, 5.74) is 2.34.